The first-order valence-electron chi connectivity index (χ1n) is 7.50. The number of benzene rings is 2. The number of nitrogens with zero attached hydrogens (tertiary/aromatic N) is 1. The molecule has 1 amide bonds. The molecule has 1 atom stereocenters. The van der Waals surface area contributed by atoms with Crippen molar-refractivity contribution in [2.45, 2.75) is 19.9 Å². The SMILES string of the molecule is Cc1cc(I)ccc1NC(=O)/C(C#N)=C\NC(C)c1ccccc1. The van der Waals surface area contributed by atoms with Crippen LogP contribution in [0.25, 0.3) is 0 Å². The Labute approximate surface area is 155 Å². The third kappa shape index (κ3) is 4.83. The Balaban J connectivity index is 2.07. The van der Waals surface area contributed by atoms with Gasteiger partial charge in [0.05, 0.1) is 0 Å². The second kappa shape index (κ2) is 8.50. The average molecular weight is 431 g/mol. The van der Waals surface area contributed by atoms with E-state index in [9.17, 15) is 10.1 Å². The molecule has 0 bridgehead atoms. The van der Waals surface area contributed by atoms with Crippen molar-refractivity contribution in [2.75, 3.05) is 5.32 Å². The van der Waals surface area contributed by atoms with E-state index in [1.807, 2.05) is 68.4 Å². The lowest BCUT2D eigenvalue weighted by atomic mass is 10.1. The molecular weight excluding hydrogens is 413 g/mol. The van der Waals surface area contributed by atoms with E-state index in [-0.39, 0.29) is 11.6 Å². The number of nitriles is 1. The predicted octanol–water partition coefficient (Wildman–Crippen LogP) is 4.30. The molecule has 2 N–H and O–H groups in total. The van der Waals surface area contributed by atoms with Crippen molar-refractivity contribution in [3.63, 3.8) is 0 Å². The first-order valence-corrected chi connectivity index (χ1v) is 8.58. The molecule has 0 spiro atoms. The number of anilines is 1. The van der Waals surface area contributed by atoms with Crippen LogP contribution < -0.4 is 10.6 Å². The van der Waals surface area contributed by atoms with Crippen molar-refractivity contribution >= 4 is 34.2 Å². The molecule has 1 unspecified atom stereocenters. The van der Waals surface area contributed by atoms with Crippen LogP contribution in [-0.4, -0.2) is 5.91 Å². The number of hydrogen-bond donors (Lipinski definition) is 2. The first kappa shape index (κ1) is 18.0. The van der Waals surface area contributed by atoms with E-state index in [1.54, 1.807) is 0 Å². The molecule has 0 aliphatic carbocycles. The maximum atomic E-state index is 12.3. The summed E-state index contributed by atoms with van der Waals surface area (Å²) < 4.78 is 1.09. The van der Waals surface area contributed by atoms with E-state index in [2.05, 4.69) is 33.2 Å². The minimum absolute atomic E-state index is 0.00221. The van der Waals surface area contributed by atoms with Gasteiger partial charge in [0.1, 0.15) is 11.6 Å². The van der Waals surface area contributed by atoms with Crippen LogP contribution in [0.1, 0.15) is 24.1 Å². The lowest BCUT2D eigenvalue weighted by Crippen LogP contribution is -2.19. The second-order valence-electron chi connectivity index (χ2n) is 5.38. The molecule has 24 heavy (non-hydrogen) atoms. The number of rotatable bonds is 5. The van der Waals surface area contributed by atoms with Crippen LogP contribution in [0.2, 0.25) is 0 Å². The van der Waals surface area contributed by atoms with E-state index < -0.39 is 5.91 Å². The topological polar surface area (TPSA) is 64.9 Å². The van der Waals surface area contributed by atoms with Crippen molar-refractivity contribution in [3.05, 3.63) is 75.0 Å². The van der Waals surface area contributed by atoms with Crippen molar-refractivity contribution in [2.24, 2.45) is 0 Å². The van der Waals surface area contributed by atoms with Crippen molar-refractivity contribution in [1.82, 2.24) is 5.32 Å². The highest BCUT2D eigenvalue weighted by atomic mass is 127. The molecule has 0 fully saturated rings. The highest BCUT2D eigenvalue weighted by Crippen LogP contribution is 2.18. The largest absolute Gasteiger partial charge is 0.383 e. The highest BCUT2D eigenvalue weighted by Gasteiger charge is 2.11. The molecule has 0 aromatic heterocycles. The fourth-order valence-electron chi connectivity index (χ4n) is 2.15. The highest BCUT2D eigenvalue weighted by molar-refractivity contribution is 14.1. The summed E-state index contributed by atoms with van der Waals surface area (Å²) in [6, 6.07) is 17.5. The molecule has 0 heterocycles. The predicted molar refractivity (Wildman–Crippen MR) is 104 cm³/mol. The Hall–Kier alpha value is -2.33. The smallest absolute Gasteiger partial charge is 0.267 e. The van der Waals surface area contributed by atoms with Gasteiger partial charge in [-0.05, 0) is 65.8 Å². The standard InChI is InChI=1S/C19H18IN3O/c1-13-10-17(20)8-9-18(13)23-19(24)16(11-21)12-22-14(2)15-6-4-3-5-7-15/h3-10,12,14,22H,1-2H3,(H,23,24)/b16-12-. The number of hydrogen-bond acceptors (Lipinski definition) is 3. The van der Waals surface area contributed by atoms with Crippen LogP contribution >= 0.6 is 22.6 Å². The van der Waals surface area contributed by atoms with Crippen LogP contribution in [-0.2, 0) is 4.79 Å². The quantitative estimate of drug-likeness (QED) is 0.422. The van der Waals surface area contributed by atoms with Crippen LogP contribution in [0.3, 0.4) is 0 Å². The van der Waals surface area contributed by atoms with Gasteiger partial charge in [0.25, 0.3) is 5.91 Å². The van der Waals surface area contributed by atoms with E-state index in [0.29, 0.717) is 5.69 Å². The summed E-state index contributed by atoms with van der Waals surface area (Å²) in [6.07, 6.45) is 1.47. The minimum atomic E-state index is -0.422. The van der Waals surface area contributed by atoms with Gasteiger partial charge in [-0.3, -0.25) is 4.79 Å². The van der Waals surface area contributed by atoms with Gasteiger partial charge >= 0.3 is 0 Å². The molecule has 2 rings (SSSR count). The van der Waals surface area contributed by atoms with Gasteiger partial charge in [0.2, 0.25) is 0 Å². The zero-order valence-electron chi connectivity index (χ0n) is 13.5. The van der Waals surface area contributed by atoms with Crippen LogP contribution in [0, 0.1) is 21.8 Å². The van der Waals surface area contributed by atoms with Gasteiger partial charge in [-0.1, -0.05) is 30.3 Å². The number of carbonyl (C=O) groups excluding carboxylic acids is 1. The second-order valence-corrected chi connectivity index (χ2v) is 6.63. The third-order valence-corrected chi connectivity index (χ3v) is 4.25. The van der Waals surface area contributed by atoms with E-state index in [4.69, 9.17) is 0 Å². The van der Waals surface area contributed by atoms with Gasteiger partial charge in [-0.2, -0.15) is 5.26 Å². The molecule has 0 saturated carbocycles. The van der Waals surface area contributed by atoms with E-state index >= 15 is 0 Å². The van der Waals surface area contributed by atoms with E-state index in [0.717, 1.165) is 14.7 Å². The summed E-state index contributed by atoms with van der Waals surface area (Å²) in [5, 5.41) is 15.1. The molecule has 2 aromatic rings. The maximum absolute atomic E-state index is 12.3. The lowest BCUT2D eigenvalue weighted by Gasteiger charge is -2.13. The monoisotopic (exact) mass is 431 g/mol. The van der Waals surface area contributed by atoms with Gasteiger partial charge in [0, 0.05) is 21.5 Å². The van der Waals surface area contributed by atoms with Crippen LogP contribution in [0.4, 0.5) is 5.69 Å². The lowest BCUT2D eigenvalue weighted by molar-refractivity contribution is -0.112. The average Bonchev–Trinajstić information content (AvgIpc) is 2.58. The summed E-state index contributed by atoms with van der Waals surface area (Å²) in [5.41, 5.74) is 2.78. The number of amides is 1. The Morgan fingerprint density at radius 1 is 1.25 bits per heavy atom. The molecule has 122 valence electrons. The van der Waals surface area contributed by atoms with Gasteiger partial charge in [0.15, 0.2) is 0 Å². The summed E-state index contributed by atoms with van der Waals surface area (Å²) in [6.45, 7) is 3.89. The molecule has 2 aromatic carbocycles. The first-order chi connectivity index (χ1) is 11.5. The Morgan fingerprint density at radius 3 is 2.58 bits per heavy atom. The molecule has 0 saturated heterocycles. The Morgan fingerprint density at radius 2 is 1.96 bits per heavy atom. The molecule has 4 nitrogen and oxygen atoms in total. The normalized spacial score (nSPS) is 12.2. The summed E-state index contributed by atoms with van der Waals surface area (Å²) in [5.74, 6) is -0.422. The van der Waals surface area contributed by atoms with Gasteiger partial charge in [-0.25, -0.2) is 0 Å². The van der Waals surface area contributed by atoms with Gasteiger partial charge < -0.3 is 10.6 Å². The molecule has 0 aliphatic heterocycles. The van der Waals surface area contributed by atoms with Gasteiger partial charge in [-0.15, -0.1) is 0 Å². The van der Waals surface area contributed by atoms with E-state index in [1.165, 1.54) is 6.20 Å². The number of carbonyl (C=O) groups is 1. The fraction of sp³-hybridized carbons (Fsp3) is 0.158. The van der Waals surface area contributed by atoms with Crippen molar-refractivity contribution < 1.29 is 4.79 Å². The Kier molecular flexibility index (Phi) is 6.38. The zero-order chi connectivity index (χ0) is 17.5. The van der Waals surface area contributed by atoms with Crippen molar-refractivity contribution in [3.8, 4) is 6.07 Å². The fourth-order valence-corrected chi connectivity index (χ4v) is 2.80. The molecule has 5 heteroatoms. The maximum Gasteiger partial charge on any atom is 0.267 e. The number of halogens is 1. The zero-order valence-corrected chi connectivity index (χ0v) is 15.7. The van der Waals surface area contributed by atoms with Crippen LogP contribution in [0.15, 0.2) is 60.3 Å². The third-order valence-electron chi connectivity index (χ3n) is 3.58. The summed E-state index contributed by atoms with van der Waals surface area (Å²) in [7, 11) is 0. The summed E-state index contributed by atoms with van der Waals surface area (Å²) >= 11 is 2.22. The number of nitrogens with one attached hydrogen (secondary N) is 2. The minimum Gasteiger partial charge on any atom is -0.383 e. The molecule has 0 aliphatic rings. The van der Waals surface area contributed by atoms with Crippen LogP contribution in [0.5, 0.6) is 0 Å². The summed E-state index contributed by atoms with van der Waals surface area (Å²) in [4.78, 5) is 12.3. The molecular formula is C19H18IN3O. The molecule has 0 radical (unpaired) electrons. The Bertz CT molecular complexity index is 794. The number of aryl methyl sites for hydroxylation is 1. The van der Waals surface area contributed by atoms with Crippen molar-refractivity contribution in [1.29, 1.82) is 5.26 Å².